The van der Waals surface area contributed by atoms with E-state index in [9.17, 15) is 19.8 Å². The van der Waals surface area contributed by atoms with Gasteiger partial charge in [-0.1, -0.05) is 18.6 Å². The first-order chi connectivity index (χ1) is 10.4. The molecule has 2 atom stereocenters. The minimum Gasteiger partial charge on any atom is -0.508 e. The number of hydrogen-bond acceptors (Lipinski definition) is 5. The summed E-state index contributed by atoms with van der Waals surface area (Å²) in [7, 11) is 0. The highest BCUT2D eigenvalue weighted by atomic mass is 16.4. The first-order valence-electron chi connectivity index (χ1n) is 7.20. The molecule has 0 heterocycles. The first kappa shape index (κ1) is 17.9. The number of carboxylic acids is 1. The number of carbonyl (C=O) groups excluding carboxylic acids is 1. The van der Waals surface area contributed by atoms with E-state index < -0.39 is 24.0 Å². The van der Waals surface area contributed by atoms with Crippen molar-refractivity contribution in [3.05, 3.63) is 29.8 Å². The van der Waals surface area contributed by atoms with Crippen molar-refractivity contribution in [2.45, 2.75) is 37.8 Å². The number of nitrogens with two attached hydrogens (primary N) is 2. The maximum Gasteiger partial charge on any atom is 0.326 e. The number of nitrogens with one attached hydrogen (secondary N) is 1. The quantitative estimate of drug-likeness (QED) is 0.406. The van der Waals surface area contributed by atoms with Crippen LogP contribution >= 0.6 is 0 Å². The Kier molecular flexibility index (Phi) is 7.34. The molecule has 7 nitrogen and oxygen atoms in total. The van der Waals surface area contributed by atoms with Gasteiger partial charge in [0.15, 0.2) is 0 Å². The van der Waals surface area contributed by atoms with Gasteiger partial charge in [0.1, 0.15) is 11.8 Å². The van der Waals surface area contributed by atoms with E-state index in [0.717, 1.165) is 12.8 Å². The fourth-order valence-electron chi connectivity index (χ4n) is 1.99. The molecule has 7 heteroatoms. The molecule has 1 aromatic rings. The van der Waals surface area contributed by atoms with Crippen molar-refractivity contribution in [1.29, 1.82) is 0 Å². The molecule has 122 valence electrons. The van der Waals surface area contributed by atoms with Crippen molar-refractivity contribution >= 4 is 11.9 Å². The molecule has 0 spiro atoms. The van der Waals surface area contributed by atoms with Crippen LogP contribution in [0.25, 0.3) is 0 Å². The third-order valence-electron chi connectivity index (χ3n) is 3.30. The lowest BCUT2D eigenvalue weighted by molar-refractivity contribution is -0.142. The van der Waals surface area contributed by atoms with Gasteiger partial charge in [-0.3, -0.25) is 4.79 Å². The lowest BCUT2D eigenvalue weighted by Crippen LogP contribution is -2.49. The maximum absolute atomic E-state index is 11.9. The summed E-state index contributed by atoms with van der Waals surface area (Å²) in [6.07, 6.45) is 2.09. The Bertz CT molecular complexity index is 490. The summed E-state index contributed by atoms with van der Waals surface area (Å²) < 4.78 is 0. The van der Waals surface area contributed by atoms with E-state index in [2.05, 4.69) is 5.32 Å². The number of carbonyl (C=O) groups is 2. The molecule has 1 amide bonds. The minimum absolute atomic E-state index is 0.0987. The van der Waals surface area contributed by atoms with Crippen LogP contribution in [0.5, 0.6) is 5.75 Å². The average molecular weight is 309 g/mol. The van der Waals surface area contributed by atoms with E-state index in [0.29, 0.717) is 18.5 Å². The Morgan fingerprint density at radius 3 is 2.36 bits per heavy atom. The average Bonchev–Trinajstić information content (AvgIpc) is 2.48. The number of phenolic OH excluding ortho intramolecular Hbond substituents is 1. The summed E-state index contributed by atoms with van der Waals surface area (Å²) in [5.74, 6) is -1.51. The smallest absolute Gasteiger partial charge is 0.326 e. The van der Waals surface area contributed by atoms with Gasteiger partial charge in [0, 0.05) is 6.42 Å². The third kappa shape index (κ3) is 6.11. The van der Waals surface area contributed by atoms with Gasteiger partial charge in [0.2, 0.25) is 5.91 Å². The number of rotatable bonds is 9. The number of aliphatic carboxylic acids is 1. The Labute approximate surface area is 129 Å². The fraction of sp³-hybridized carbons (Fsp3) is 0.467. The molecule has 0 unspecified atom stereocenters. The number of benzene rings is 1. The third-order valence-corrected chi connectivity index (χ3v) is 3.30. The van der Waals surface area contributed by atoms with E-state index in [1.165, 1.54) is 12.1 Å². The number of aromatic hydroxyl groups is 1. The normalized spacial score (nSPS) is 13.4. The van der Waals surface area contributed by atoms with E-state index in [1.807, 2.05) is 0 Å². The second-order valence-corrected chi connectivity index (χ2v) is 5.16. The molecule has 0 bridgehead atoms. The SMILES string of the molecule is NCCCC[C@H](N)C(=O)N[C@@H](Cc1ccc(O)cc1)C(=O)O. The monoisotopic (exact) mass is 309 g/mol. The van der Waals surface area contributed by atoms with Crippen LogP contribution < -0.4 is 16.8 Å². The lowest BCUT2D eigenvalue weighted by atomic mass is 10.0. The standard InChI is InChI=1S/C15H23N3O4/c16-8-2-1-3-12(17)14(20)18-13(15(21)22)9-10-4-6-11(19)7-5-10/h4-7,12-13,19H,1-3,8-9,16-17H2,(H,18,20)(H,21,22)/t12-,13-/m0/s1. The van der Waals surface area contributed by atoms with Gasteiger partial charge in [0.05, 0.1) is 6.04 Å². The van der Waals surface area contributed by atoms with Crippen LogP contribution in [-0.2, 0) is 16.0 Å². The highest BCUT2D eigenvalue weighted by molar-refractivity contribution is 5.86. The number of carboxylic acid groups (broad SMARTS) is 1. The molecular formula is C15H23N3O4. The Hall–Kier alpha value is -2.12. The van der Waals surface area contributed by atoms with Gasteiger partial charge >= 0.3 is 5.97 Å². The molecule has 0 fully saturated rings. The number of unbranched alkanes of at least 4 members (excludes halogenated alkanes) is 1. The number of phenols is 1. The van der Waals surface area contributed by atoms with Crippen LogP contribution in [0.15, 0.2) is 24.3 Å². The molecule has 1 rings (SSSR count). The summed E-state index contributed by atoms with van der Waals surface area (Å²) in [6.45, 7) is 0.535. The molecule has 7 N–H and O–H groups in total. The van der Waals surface area contributed by atoms with Gasteiger partial charge < -0.3 is 27.0 Å². The van der Waals surface area contributed by atoms with Crippen LogP contribution in [-0.4, -0.2) is 40.7 Å². The zero-order valence-electron chi connectivity index (χ0n) is 12.4. The molecule has 22 heavy (non-hydrogen) atoms. The van der Waals surface area contributed by atoms with Crippen molar-refractivity contribution < 1.29 is 19.8 Å². The van der Waals surface area contributed by atoms with Gasteiger partial charge in [0.25, 0.3) is 0 Å². The number of amides is 1. The molecule has 0 saturated carbocycles. The fourth-order valence-corrected chi connectivity index (χ4v) is 1.99. The van der Waals surface area contributed by atoms with Crippen LogP contribution in [0.4, 0.5) is 0 Å². The molecule has 0 aliphatic carbocycles. The molecular weight excluding hydrogens is 286 g/mol. The van der Waals surface area contributed by atoms with Crippen LogP contribution in [0.1, 0.15) is 24.8 Å². The van der Waals surface area contributed by atoms with Crippen LogP contribution in [0, 0.1) is 0 Å². The van der Waals surface area contributed by atoms with E-state index in [-0.39, 0.29) is 12.2 Å². The Morgan fingerprint density at radius 1 is 1.18 bits per heavy atom. The molecule has 0 aliphatic heterocycles. The van der Waals surface area contributed by atoms with Crippen LogP contribution in [0.2, 0.25) is 0 Å². The minimum atomic E-state index is -1.13. The molecule has 0 aliphatic rings. The molecule has 0 radical (unpaired) electrons. The van der Waals surface area contributed by atoms with Gasteiger partial charge in [-0.05, 0) is 37.1 Å². The Balaban J connectivity index is 2.58. The predicted octanol–water partition coefficient (Wildman–Crippen LogP) is -0.0396. The molecule has 0 saturated heterocycles. The topological polar surface area (TPSA) is 139 Å². The van der Waals surface area contributed by atoms with Crippen molar-refractivity contribution in [3.63, 3.8) is 0 Å². The van der Waals surface area contributed by atoms with Gasteiger partial charge in [-0.15, -0.1) is 0 Å². The summed E-state index contributed by atoms with van der Waals surface area (Å²) in [5.41, 5.74) is 11.8. The van der Waals surface area contributed by atoms with Crippen molar-refractivity contribution in [3.8, 4) is 5.75 Å². The van der Waals surface area contributed by atoms with Gasteiger partial charge in [-0.2, -0.15) is 0 Å². The highest BCUT2D eigenvalue weighted by Gasteiger charge is 2.23. The van der Waals surface area contributed by atoms with Crippen molar-refractivity contribution in [2.75, 3.05) is 6.54 Å². The summed E-state index contributed by atoms with van der Waals surface area (Å²) in [6, 6.07) is 4.35. The summed E-state index contributed by atoms with van der Waals surface area (Å²) in [5, 5.41) is 20.9. The zero-order chi connectivity index (χ0) is 16.5. The summed E-state index contributed by atoms with van der Waals surface area (Å²) in [4.78, 5) is 23.2. The molecule has 0 aromatic heterocycles. The number of hydrogen-bond donors (Lipinski definition) is 5. The van der Waals surface area contributed by atoms with E-state index in [1.54, 1.807) is 12.1 Å². The predicted molar refractivity (Wildman–Crippen MR) is 82.3 cm³/mol. The summed E-state index contributed by atoms with van der Waals surface area (Å²) >= 11 is 0. The maximum atomic E-state index is 11.9. The highest BCUT2D eigenvalue weighted by Crippen LogP contribution is 2.11. The van der Waals surface area contributed by atoms with Crippen LogP contribution in [0.3, 0.4) is 0 Å². The zero-order valence-corrected chi connectivity index (χ0v) is 12.4. The lowest BCUT2D eigenvalue weighted by Gasteiger charge is -2.18. The van der Waals surface area contributed by atoms with Gasteiger partial charge in [-0.25, -0.2) is 4.79 Å². The largest absolute Gasteiger partial charge is 0.508 e. The second kappa shape index (κ2) is 9.01. The van der Waals surface area contributed by atoms with Crippen molar-refractivity contribution in [1.82, 2.24) is 5.32 Å². The second-order valence-electron chi connectivity index (χ2n) is 5.16. The molecule has 1 aromatic carbocycles. The first-order valence-corrected chi connectivity index (χ1v) is 7.20. The van der Waals surface area contributed by atoms with E-state index in [4.69, 9.17) is 11.5 Å². The van der Waals surface area contributed by atoms with Crippen molar-refractivity contribution in [2.24, 2.45) is 11.5 Å². The Morgan fingerprint density at radius 2 is 1.82 bits per heavy atom. The van der Waals surface area contributed by atoms with E-state index >= 15 is 0 Å².